The Morgan fingerprint density at radius 1 is 0.615 bits per heavy atom. The maximum Gasteiger partial charge on any atom is 0.333 e. The molecule has 11 nitrogen and oxygen atoms in total. The summed E-state index contributed by atoms with van der Waals surface area (Å²) in [5.74, 6) is -4.13. The first-order valence-corrected chi connectivity index (χ1v) is 12.3. The molecule has 11 heteroatoms. The van der Waals surface area contributed by atoms with Gasteiger partial charge in [0.25, 0.3) is 0 Å². The fourth-order valence-corrected chi connectivity index (χ4v) is 2.69. The summed E-state index contributed by atoms with van der Waals surface area (Å²) in [6, 6.07) is 0. The van der Waals surface area contributed by atoms with Crippen LogP contribution in [0.2, 0.25) is 0 Å². The van der Waals surface area contributed by atoms with Crippen LogP contribution in [0, 0.1) is 0 Å². The number of carbonyl (C=O) groups is 5. The molecule has 39 heavy (non-hydrogen) atoms. The third-order valence-electron chi connectivity index (χ3n) is 5.72. The number of hydrogen-bond acceptors (Lipinski definition) is 11. The van der Waals surface area contributed by atoms with E-state index in [2.05, 4.69) is 0 Å². The second-order valence-electron chi connectivity index (χ2n) is 8.71. The van der Waals surface area contributed by atoms with Gasteiger partial charge in [-0.25, -0.2) is 19.2 Å². The Morgan fingerprint density at radius 2 is 0.974 bits per heavy atom. The minimum Gasteiger partial charge on any atom is -0.459 e. The Kier molecular flexibility index (Phi) is 15.4. The van der Waals surface area contributed by atoms with Gasteiger partial charge < -0.3 is 28.8 Å². The standard InChI is InChI=1S/C28H40O11/c1-10-17(5)24(30)35-14-22(38-21(9)29)23(39-27(33)20(8)13-4)28(34,15-36-25(31)18(6)11-2)16-37-26(32)19(7)12-3/h10-13,22-23,34H,14-16H2,1-9H3/b17-10-,18-11-,19-12-,20-13-/t22-,23-/m1/s1. The van der Waals surface area contributed by atoms with Crippen LogP contribution in [0.3, 0.4) is 0 Å². The van der Waals surface area contributed by atoms with E-state index in [1.807, 2.05) is 0 Å². The highest BCUT2D eigenvalue weighted by Crippen LogP contribution is 2.25. The molecule has 0 aromatic carbocycles. The van der Waals surface area contributed by atoms with Gasteiger partial charge in [-0.05, 0) is 55.4 Å². The first kappa shape index (κ1) is 35.3. The molecule has 2 atom stereocenters. The van der Waals surface area contributed by atoms with Crippen molar-refractivity contribution in [1.29, 1.82) is 0 Å². The number of allylic oxidation sites excluding steroid dienone is 4. The highest BCUT2D eigenvalue weighted by atomic mass is 16.6. The molecule has 0 spiro atoms. The average Bonchev–Trinajstić information content (AvgIpc) is 2.92. The number of hydrogen-bond donors (Lipinski definition) is 1. The van der Waals surface area contributed by atoms with Crippen LogP contribution in [0.1, 0.15) is 62.3 Å². The quantitative estimate of drug-likeness (QED) is 0.192. The highest BCUT2D eigenvalue weighted by Gasteiger charge is 2.49. The maximum atomic E-state index is 12.8. The molecule has 0 radical (unpaired) electrons. The molecule has 0 aromatic heterocycles. The Balaban J connectivity index is 6.73. The van der Waals surface area contributed by atoms with E-state index in [0.29, 0.717) is 0 Å². The molecule has 0 aliphatic heterocycles. The fourth-order valence-electron chi connectivity index (χ4n) is 2.69. The van der Waals surface area contributed by atoms with E-state index in [-0.39, 0.29) is 22.3 Å². The smallest absolute Gasteiger partial charge is 0.333 e. The van der Waals surface area contributed by atoms with E-state index >= 15 is 0 Å². The number of ether oxygens (including phenoxy) is 5. The summed E-state index contributed by atoms with van der Waals surface area (Å²) >= 11 is 0. The molecule has 0 rings (SSSR count). The second-order valence-corrected chi connectivity index (χ2v) is 8.71. The summed E-state index contributed by atoms with van der Waals surface area (Å²) < 4.78 is 26.5. The van der Waals surface area contributed by atoms with Crippen molar-refractivity contribution in [2.75, 3.05) is 19.8 Å². The number of rotatable bonds is 14. The van der Waals surface area contributed by atoms with Crippen molar-refractivity contribution < 1.29 is 52.8 Å². The van der Waals surface area contributed by atoms with Crippen LogP contribution in [0.5, 0.6) is 0 Å². The minimum atomic E-state index is -2.45. The van der Waals surface area contributed by atoms with Gasteiger partial charge in [0.15, 0.2) is 17.8 Å². The van der Waals surface area contributed by atoms with Crippen molar-refractivity contribution >= 4 is 29.8 Å². The molecule has 218 valence electrons. The third-order valence-corrected chi connectivity index (χ3v) is 5.72. The summed E-state index contributed by atoms with van der Waals surface area (Å²) in [7, 11) is 0. The molecule has 0 amide bonds. The molecule has 0 aliphatic rings. The Morgan fingerprint density at radius 3 is 1.33 bits per heavy atom. The zero-order valence-corrected chi connectivity index (χ0v) is 24.1. The Bertz CT molecular complexity index is 996. The van der Waals surface area contributed by atoms with Crippen molar-refractivity contribution in [3.8, 4) is 0 Å². The summed E-state index contributed by atoms with van der Waals surface area (Å²) in [6.07, 6.45) is 2.50. The van der Waals surface area contributed by atoms with Crippen molar-refractivity contribution in [3.63, 3.8) is 0 Å². The Labute approximate surface area is 229 Å². The second kappa shape index (κ2) is 17.0. The molecular formula is C28H40O11. The average molecular weight is 553 g/mol. The first-order valence-electron chi connectivity index (χ1n) is 12.3. The van der Waals surface area contributed by atoms with E-state index in [1.165, 1.54) is 52.0 Å². The van der Waals surface area contributed by atoms with Crippen LogP contribution >= 0.6 is 0 Å². The van der Waals surface area contributed by atoms with E-state index in [9.17, 15) is 29.1 Å². The van der Waals surface area contributed by atoms with E-state index in [1.54, 1.807) is 27.7 Å². The van der Waals surface area contributed by atoms with Crippen molar-refractivity contribution in [2.45, 2.75) is 80.1 Å². The monoisotopic (exact) mass is 552 g/mol. The molecule has 0 saturated carbocycles. The lowest BCUT2D eigenvalue weighted by Gasteiger charge is -2.38. The van der Waals surface area contributed by atoms with E-state index in [4.69, 9.17) is 23.7 Å². The van der Waals surface area contributed by atoms with Gasteiger partial charge in [0.2, 0.25) is 0 Å². The topological polar surface area (TPSA) is 152 Å². The maximum absolute atomic E-state index is 12.8. The molecule has 0 bridgehead atoms. The van der Waals surface area contributed by atoms with Crippen LogP contribution in [0.4, 0.5) is 0 Å². The van der Waals surface area contributed by atoms with Crippen LogP contribution in [-0.4, -0.2) is 72.6 Å². The minimum absolute atomic E-state index is 0.134. The first-order chi connectivity index (χ1) is 18.2. The molecule has 0 saturated heterocycles. The lowest BCUT2D eigenvalue weighted by atomic mass is 9.93. The predicted octanol–water partition coefficient (Wildman–Crippen LogP) is 3.06. The van der Waals surface area contributed by atoms with Gasteiger partial charge in [-0.2, -0.15) is 0 Å². The van der Waals surface area contributed by atoms with Crippen LogP contribution in [-0.2, 0) is 47.7 Å². The largest absolute Gasteiger partial charge is 0.459 e. The lowest BCUT2D eigenvalue weighted by Crippen LogP contribution is -2.59. The van der Waals surface area contributed by atoms with Crippen molar-refractivity contribution in [3.05, 3.63) is 46.6 Å². The lowest BCUT2D eigenvalue weighted by molar-refractivity contribution is -0.215. The SMILES string of the molecule is C/C=C(/C)C(=O)OC[C@@H](OC(C)=O)[C@@H](OC(=O)/C(C)=C\C)C(O)(COC(=O)/C(C)=C\C)COC(=O)/C(C)=C\C. The van der Waals surface area contributed by atoms with Crippen LogP contribution in [0.25, 0.3) is 0 Å². The van der Waals surface area contributed by atoms with E-state index in [0.717, 1.165) is 6.92 Å². The fraction of sp³-hybridized carbons (Fsp3) is 0.536. The Hall–Kier alpha value is -3.73. The normalized spacial score (nSPS) is 14.6. The molecule has 0 aliphatic carbocycles. The predicted molar refractivity (Wildman–Crippen MR) is 141 cm³/mol. The van der Waals surface area contributed by atoms with Crippen LogP contribution < -0.4 is 0 Å². The van der Waals surface area contributed by atoms with Crippen molar-refractivity contribution in [2.24, 2.45) is 0 Å². The van der Waals surface area contributed by atoms with Gasteiger partial charge in [-0.15, -0.1) is 0 Å². The van der Waals surface area contributed by atoms with Gasteiger partial charge >= 0.3 is 29.8 Å². The molecule has 0 unspecified atom stereocenters. The molecule has 0 fully saturated rings. The van der Waals surface area contributed by atoms with Crippen LogP contribution in [0.15, 0.2) is 46.6 Å². The van der Waals surface area contributed by atoms with Gasteiger partial charge in [-0.3, -0.25) is 4.79 Å². The van der Waals surface area contributed by atoms with Gasteiger partial charge in [0.1, 0.15) is 19.8 Å². The zero-order chi connectivity index (χ0) is 30.3. The zero-order valence-electron chi connectivity index (χ0n) is 24.1. The number of esters is 5. The molecule has 0 aromatic rings. The summed E-state index contributed by atoms with van der Waals surface area (Å²) in [6.45, 7) is 11.0. The third kappa shape index (κ3) is 11.7. The number of aliphatic hydroxyl groups is 1. The van der Waals surface area contributed by atoms with E-state index < -0.39 is 67.5 Å². The summed E-state index contributed by atoms with van der Waals surface area (Å²) in [5.41, 5.74) is -1.64. The number of carbonyl (C=O) groups excluding carboxylic acids is 5. The van der Waals surface area contributed by atoms with Gasteiger partial charge in [0, 0.05) is 29.2 Å². The van der Waals surface area contributed by atoms with Crippen molar-refractivity contribution in [1.82, 2.24) is 0 Å². The van der Waals surface area contributed by atoms with Gasteiger partial charge in [0.05, 0.1) is 0 Å². The molecule has 0 heterocycles. The highest BCUT2D eigenvalue weighted by molar-refractivity contribution is 5.89. The summed E-state index contributed by atoms with van der Waals surface area (Å²) in [5, 5.41) is 11.8. The summed E-state index contributed by atoms with van der Waals surface area (Å²) in [4.78, 5) is 61.9. The molecular weight excluding hydrogens is 512 g/mol. The molecule has 1 N–H and O–H groups in total. The van der Waals surface area contributed by atoms with Gasteiger partial charge in [-0.1, -0.05) is 24.3 Å².